The van der Waals surface area contributed by atoms with E-state index < -0.39 is 0 Å². The Bertz CT molecular complexity index is 529. The zero-order valence-electron chi connectivity index (χ0n) is 12.9. The van der Waals surface area contributed by atoms with Crippen molar-refractivity contribution in [3.05, 3.63) is 35.6 Å². The molecule has 22 heavy (non-hydrogen) atoms. The van der Waals surface area contributed by atoms with E-state index in [1.54, 1.807) is 12.1 Å². The van der Waals surface area contributed by atoms with Crippen LogP contribution in [0.4, 0.5) is 4.39 Å². The second-order valence-corrected chi connectivity index (χ2v) is 5.31. The van der Waals surface area contributed by atoms with Crippen LogP contribution in [-0.4, -0.2) is 37.5 Å². The van der Waals surface area contributed by atoms with Crippen molar-refractivity contribution in [1.29, 1.82) is 0 Å². The second-order valence-electron chi connectivity index (χ2n) is 5.31. The van der Waals surface area contributed by atoms with Crippen LogP contribution in [0.5, 0.6) is 0 Å². The van der Waals surface area contributed by atoms with Crippen molar-refractivity contribution < 1.29 is 9.18 Å². The lowest BCUT2D eigenvalue weighted by molar-refractivity contribution is -0.119. The number of amides is 1. The van der Waals surface area contributed by atoms with Gasteiger partial charge in [-0.1, -0.05) is 18.2 Å². The molecule has 2 rings (SSSR count). The van der Waals surface area contributed by atoms with Crippen LogP contribution >= 0.6 is 0 Å². The van der Waals surface area contributed by atoms with Crippen molar-refractivity contribution in [2.24, 2.45) is 4.99 Å². The fraction of sp³-hybridized carbons (Fsp3) is 0.500. The summed E-state index contributed by atoms with van der Waals surface area (Å²) in [6.07, 6.45) is 2.69. The number of halogens is 1. The predicted octanol–water partition coefficient (Wildman–Crippen LogP) is 1.20. The van der Waals surface area contributed by atoms with E-state index >= 15 is 0 Å². The molecule has 1 aliphatic rings. The molecular formula is C16H23FN4O. The van der Waals surface area contributed by atoms with Gasteiger partial charge in [-0.2, -0.15) is 0 Å². The topological polar surface area (TPSA) is 65.5 Å². The molecule has 1 saturated carbocycles. The lowest BCUT2D eigenvalue weighted by Crippen LogP contribution is -2.39. The van der Waals surface area contributed by atoms with E-state index in [0.717, 1.165) is 12.8 Å². The van der Waals surface area contributed by atoms with Gasteiger partial charge in [-0.3, -0.25) is 4.79 Å². The van der Waals surface area contributed by atoms with Crippen molar-refractivity contribution >= 4 is 11.9 Å². The highest BCUT2D eigenvalue weighted by atomic mass is 19.1. The number of guanidine groups is 1. The highest BCUT2D eigenvalue weighted by molar-refractivity contribution is 5.85. The molecule has 1 aliphatic carbocycles. The summed E-state index contributed by atoms with van der Waals surface area (Å²) in [6.45, 7) is 3.32. The molecule has 3 N–H and O–H groups in total. The van der Waals surface area contributed by atoms with Crippen LogP contribution in [-0.2, 0) is 11.2 Å². The molecule has 0 radical (unpaired) electrons. The molecule has 6 heteroatoms. The van der Waals surface area contributed by atoms with Crippen molar-refractivity contribution in [3.8, 4) is 0 Å². The van der Waals surface area contributed by atoms with Gasteiger partial charge in [0.15, 0.2) is 5.96 Å². The summed E-state index contributed by atoms with van der Waals surface area (Å²) in [6, 6.07) is 7.07. The molecule has 0 saturated heterocycles. The Morgan fingerprint density at radius 3 is 2.77 bits per heavy atom. The Labute approximate surface area is 130 Å². The number of carbonyl (C=O) groups is 1. The Hall–Kier alpha value is -2.11. The first kappa shape index (κ1) is 16.3. The monoisotopic (exact) mass is 306 g/mol. The highest BCUT2D eigenvalue weighted by Crippen LogP contribution is 2.18. The number of rotatable bonds is 7. The molecule has 1 aromatic rings. The van der Waals surface area contributed by atoms with E-state index in [0.29, 0.717) is 37.1 Å². The van der Waals surface area contributed by atoms with Crippen LogP contribution in [0, 0.1) is 5.82 Å². The van der Waals surface area contributed by atoms with Gasteiger partial charge in [-0.25, -0.2) is 9.38 Å². The number of benzene rings is 1. The van der Waals surface area contributed by atoms with E-state index in [1.165, 1.54) is 6.07 Å². The number of aliphatic imine (C=N–C) groups is 1. The molecular weight excluding hydrogens is 283 g/mol. The molecule has 0 heterocycles. The van der Waals surface area contributed by atoms with Crippen LogP contribution < -0.4 is 16.0 Å². The lowest BCUT2D eigenvalue weighted by atomic mass is 10.1. The van der Waals surface area contributed by atoms with Crippen LogP contribution in [0.15, 0.2) is 29.3 Å². The maximum absolute atomic E-state index is 13.5. The van der Waals surface area contributed by atoms with Crippen molar-refractivity contribution in [2.45, 2.75) is 32.2 Å². The summed E-state index contributed by atoms with van der Waals surface area (Å²) in [5.74, 6) is 0.314. The average molecular weight is 306 g/mol. The van der Waals surface area contributed by atoms with Crippen molar-refractivity contribution in [1.82, 2.24) is 16.0 Å². The van der Waals surface area contributed by atoms with Gasteiger partial charge in [0, 0.05) is 19.1 Å². The first-order valence-electron chi connectivity index (χ1n) is 7.74. The fourth-order valence-corrected chi connectivity index (χ4v) is 2.01. The van der Waals surface area contributed by atoms with E-state index in [-0.39, 0.29) is 18.3 Å². The Kier molecular flexibility index (Phi) is 6.18. The lowest BCUT2D eigenvalue weighted by Gasteiger charge is -2.11. The van der Waals surface area contributed by atoms with E-state index in [9.17, 15) is 9.18 Å². The molecule has 120 valence electrons. The quantitative estimate of drug-likeness (QED) is 0.524. The third-order valence-corrected chi connectivity index (χ3v) is 3.31. The fourth-order valence-electron chi connectivity index (χ4n) is 2.01. The molecule has 1 fully saturated rings. The summed E-state index contributed by atoms with van der Waals surface area (Å²) in [7, 11) is 0. The van der Waals surface area contributed by atoms with Crippen LogP contribution in [0.2, 0.25) is 0 Å². The zero-order valence-corrected chi connectivity index (χ0v) is 12.9. The molecule has 0 atom stereocenters. The molecule has 1 amide bonds. The van der Waals surface area contributed by atoms with Crippen LogP contribution in [0.25, 0.3) is 0 Å². The standard InChI is InChI=1S/C16H23FN4O/c1-2-18-16(20-11-15(22)21-13-7-8-13)19-10-9-12-5-3-4-6-14(12)17/h3-6,13H,2,7-11H2,1H3,(H,21,22)(H2,18,19,20). The van der Waals surface area contributed by atoms with E-state index in [4.69, 9.17) is 0 Å². The molecule has 0 unspecified atom stereocenters. The average Bonchev–Trinajstić information content (AvgIpc) is 3.30. The van der Waals surface area contributed by atoms with Gasteiger partial charge >= 0.3 is 0 Å². The van der Waals surface area contributed by atoms with Crippen LogP contribution in [0.1, 0.15) is 25.3 Å². The number of nitrogens with zero attached hydrogens (tertiary/aromatic N) is 1. The third kappa shape index (κ3) is 5.71. The zero-order chi connectivity index (χ0) is 15.8. The van der Waals surface area contributed by atoms with Crippen molar-refractivity contribution in [3.63, 3.8) is 0 Å². The Morgan fingerprint density at radius 2 is 2.09 bits per heavy atom. The Morgan fingerprint density at radius 1 is 1.32 bits per heavy atom. The maximum atomic E-state index is 13.5. The third-order valence-electron chi connectivity index (χ3n) is 3.31. The van der Waals surface area contributed by atoms with Gasteiger partial charge in [-0.15, -0.1) is 0 Å². The molecule has 1 aromatic carbocycles. The molecule has 0 aliphatic heterocycles. The molecule has 0 spiro atoms. The summed E-state index contributed by atoms with van der Waals surface area (Å²) in [4.78, 5) is 15.9. The summed E-state index contributed by atoms with van der Waals surface area (Å²) in [5, 5.41) is 9.08. The molecule has 0 bridgehead atoms. The first-order valence-corrected chi connectivity index (χ1v) is 7.74. The van der Waals surface area contributed by atoms with Crippen LogP contribution in [0.3, 0.4) is 0 Å². The second kappa shape index (κ2) is 8.36. The van der Waals surface area contributed by atoms with E-state index in [2.05, 4.69) is 20.9 Å². The Balaban J connectivity index is 1.77. The first-order chi connectivity index (χ1) is 10.7. The largest absolute Gasteiger partial charge is 0.357 e. The van der Waals surface area contributed by atoms with Gasteiger partial charge in [0.1, 0.15) is 12.4 Å². The van der Waals surface area contributed by atoms with Gasteiger partial charge < -0.3 is 16.0 Å². The SMILES string of the molecule is CCNC(=NCC(=O)NC1CC1)NCCc1ccccc1F. The highest BCUT2D eigenvalue weighted by Gasteiger charge is 2.22. The number of nitrogens with one attached hydrogen (secondary N) is 3. The molecule has 5 nitrogen and oxygen atoms in total. The van der Waals surface area contributed by atoms with Gasteiger partial charge in [0.2, 0.25) is 5.91 Å². The molecule has 0 aromatic heterocycles. The predicted molar refractivity (Wildman–Crippen MR) is 85.3 cm³/mol. The minimum atomic E-state index is -0.199. The maximum Gasteiger partial charge on any atom is 0.242 e. The minimum Gasteiger partial charge on any atom is -0.357 e. The van der Waals surface area contributed by atoms with Gasteiger partial charge in [-0.05, 0) is 37.8 Å². The van der Waals surface area contributed by atoms with Gasteiger partial charge in [0.25, 0.3) is 0 Å². The van der Waals surface area contributed by atoms with E-state index in [1.807, 2.05) is 13.0 Å². The number of hydrogen-bond donors (Lipinski definition) is 3. The van der Waals surface area contributed by atoms with Gasteiger partial charge in [0.05, 0.1) is 0 Å². The minimum absolute atomic E-state index is 0.0613. The summed E-state index contributed by atoms with van der Waals surface area (Å²) < 4.78 is 13.5. The number of carbonyl (C=O) groups excluding carboxylic acids is 1. The summed E-state index contributed by atoms with van der Waals surface area (Å²) in [5.41, 5.74) is 0.664. The smallest absolute Gasteiger partial charge is 0.242 e. The van der Waals surface area contributed by atoms with Crippen molar-refractivity contribution in [2.75, 3.05) is 19.6 Å². The normalized spacial score (nSPS) is 14.5. The number of hydrogen-bond acceptors (Lipinski definition) is 2. The summed E-state index contributed by atoms with van der Waals surface area (Å²) >= 11 is 0.